The number of rotatable bonds is 6. The van der Waals surface area contributed by atoms with Crippen LogP contribution in [0.15, 0.2) is 11.1 Å². The van der Waals surface area contributed by atoms with Crippen LogP contribution in [0.4, 0.5) is 0 Å². The van der Waals surface area contributed by atoms with Gasteiger partial charge in [-0.3, -0.25) is 14.2 Å². The fourth-order valence-electron chi connectivity index (χ4n) is 4.95. The van der Waals surface area contributed by atoms with E-state index in [0.29, 0.717) is 18.4 Å². The fourth-order valence-corrected chi connectivity index (χ4v) is 5.93. The van der Waals surface area contributed by atoms with Crippen LogP contribution in [0.2, 0.25) is 0 Å². The van der Waals surface area contributed by atoms with Crippen molar-refractivity contribution >= 4 is 27.5 Å². The summed E-state index contributed by atoms with van der Waals surface area (Å²) >= 11 is 1.55. The predicted octanol–water partition coefficient (Wildman–Crippen LogP) is 3.63. The van der Waals surface area contributed by atoms with Crippen molar-refractivity contribution in [3.63, 3.8) is 0 Å². The van der Waals surface area contributed by atoms with Crippen molar-refractivity contribution in [2.24, 2.45) is 5.92 Å². The fraction of sp³-hybridized carbons (Fsp3) is 0.696. The second kappa shape index (κ2) is 9.60. The number of carbonyl (C=O) groups excluding carboxylic acids is 1. The Bertz CT molecular complexity index is 937. The van der Waals surface area contributed by atoms with Gasteiger partial charge in [0.25, 0.3) is 5.56 Å². The van der Waals surface area contributed by atoms with Gasteiger partial charge in [-0.2, -0.15) is 0 Å². The highest BCUT2D eigenvalue weighted by molar-refractivity contribution is 7.18. The van der Waals surface area contributed by atoms with E-state index in [-0.39, 0.29) is 17.5 Å². The van der Waals surface area contributed by atoms with Gasteiger partial charge in [0, 0.05) is 43.5 Å². The van der Waals surface area contributed by atoms with Crippen LogP contribution in [0.1, 0.15) is 61.8 Å². The van der Waals surface area contributed by atoms with Crippen LogP contribution in [0.25, 0.3) is 10.2 Å². The molecule has 1 saturated heterocycles. The summed E-state index contributed by atoms with van der Waals surface area (Å²) in [5.74, 6) is 0.913. The van der Waals surface area contributed by atoms with Crippen molar-refractivity contribution in [3.8, 4) is 0 Å². The zero-order valence-corrected chi connectivity index (χ0v) is 19.1. The van der Waals surface area contributed by atoms with Gasteiger partial charge in [-0.15, -0.1) is 11.3 Å². The topological polar surface area (TPSA) is 67.2 Å². The number of fused-ring (bicyclic) bond motifs is 1. The van der Waals surface area contributed by atoms with E-state index in [1.807, 2.05) is 13.8 Å². The third-order valence-electron chi connectivity index (χ3n) is 6.93. The first-order chi connectivity index (χ1) is 14.5. The largest absolute Gasteiger partial charge is 0.353 e. The van der Waals surface area contributed by atoms with Crippen molar-refractivity contribution in [2.75, 3.05) is 19.6 Å². The molecule has 1 aliphatic carbocycles. The van der Waals surface area contributed by atoms with E-state index in [0.717, 1.165) is 47.1 Å². The van der Waals surface area contributed by atoms with Gasteiger partial charge in [0.2, 0.25) is 5.91 Å². The highest BCUT2D eigenvalue weighted by Crippen LogP contribution is 2.26. The molecule has 0 spiro atoms. The molecule has 1 saturated carbocycles. The molecule has 164 valence electrons. The third-order valence-corrected chi connectivity index (χ3v) is 8.04. The second-order valence-electron chi connectivity index (χ2n) is 9.10. The molecular formula is C23H34N4O2S. The predicted molar refractivity (Wildman–Crippen MR) is 122 cm³/mol. The quantitative estimate of drug-likeness (QED) is 0.760. The maximum Gasteiger partial charge on any atom is 0.262 e. The Labute approximate surface area is 182 Å². The van der Waals surface area contributed by atoms with E-state index < -0.39 is 0 Å². The highest BCUT2D eigenvalue weighted by Gasteiger charge is 2.23. The van der Waals surface area contributed by atoms with E-state index in [4.69, 9.17) is 0 Å². The van der Waals surface area contributed by atoms with Crippen molar-refractivity contribution in [1.82, 2.24) is 19.8 Å². The number of thiophene rings is 1. The number of aromatic nitrogens is 2. The summed E-state index contributed by atoms with van der Waals surface area (Å²) in [5, 5.41) is 3.89. The number of nitrogens with zero attached hydrogens (tertiary/aromatic N) is 3. The lowest BCUT2D eigenvalue weighted by molar-refractivity contribution is -0.122. The molecule has 2 aromatic heterocycles. The van der Waals surface area contributed by atoms with Crippen LogP contribution in [-0.2, 0) is 11.3 Å². The number of piperidine rings is 1. The number of amides is 1. The first-order valence-corrected chi connectivity index (χ1v) is 12.3. The monoisotopic (exact) mass is 430 g/mol. The van der Waals surface area contributed by atoms with Crippen LogP contribution in [0, 0.1) is 19.8 Å². The average molecular weight is 431 g/mol. The van der Waals surface area contributed by atoms with E-state index in [9.17, 15) is 9.59 Å². The van der Waals surface area contributed by atoms with Gasteiger partial charge in [-0.05, 0) is 51.0 Å². The Hall–Kier alpha value is -1.73. The van der Waals surface area contributed by atoms with Gasteiger partial charge >= 0.3 is 0 Å². The molecule has 3 heterocycles. The molecule has 1 N–H and O–H groups in total. The lowest BCUT2D eigenvalue weighted by Gasteiger charge is -2.35. The number of aryl methyl sites for hydroxylation is 3. The van der Waals surface area contributed by atoms with Crippen LogP contribution < -0.4 is 10.9 Å². The molecule has 30 heavy (non-hydrogen) atoms. The standard InChI is InChI=1S/C23H34N4O2S/c1-16-17(2)30-22-21(16)23(29)27(15-24-22)13-10-20(28)25-19-8-11-26(12-9-19)14-18-6-4-3-5-7-18/h15,18-19H,3-14H2,1-2H3,(H,25,28). The van der Waals surface area contributed by atoms with Crippen molar-refractivity contribution in [1.29, 1.82) is 0 Å². The lowest BCUT2D eigenvalue weighted by Crippen LogP contribution is -2.46. The van der Waals surface area contributed by atoms with Crippen LogP contribution in [-0.4, -0.2) is 46.0 Å². The Morgan fingerprint density at radius 1 is 1.17 bits per heavy atom. The molecule has 1 amide bonds. The molecule has 2 fully saturated rings. The van der Waals surface area contributed by atoms with Crippen LogP contribution >= 0.6 is 11.3 Å². The first kappa shape index (κ1) is 21.5. The highest BCUT2D eigenvalue weighted by atomic mass is 32.1. The average Bonchev–Trinajstić information content (AvgIpc) is 3.04. The summed E-state index contributed by atoms with van der Waals surface area (Å²) in [6, 6.07) is 0.263. The summed E-state index contributed by atoms with van der Waals surface area (Å²) in [4.78, 5) is 34.1. The summed E-state index contributed by atoms with van der Waals surface area (Å²) < 4.78 is 1.58. The van der Waals surface area contributed by atoms with E-state index in [1.165, 1.54) is 38.6 Å². The summed E-state index contributed by atoms with van der Waals surface area (Å²) in [5.41, 5.74) is 0.969. The van der Waals surface area contributed by atoms with Gasteiger partial charge in [-0.25, -0.2) is 4.98 Å². The number of likely N-dealkylation sites (tertiary alicyclic amines) is 1. The van der Waals surface area contributed by atoms with Gasteiger partial charge in [0.1, 0.15) is 4.83 Å². The molecule has 6 nitrogen and oxygen atoms in total. The molecule has 0 bridgehead atoms. The molecule has 2 aliphatic rings. The number of hydrogen-bond donors (Lipinski definition) is 1. The minimum Gasteiger partial charge on any atom is -0.353 e. The molecule has 0 atom stereocenters. The smallest absolute Gasteiger partial charge is 0.262 e. The Morgan fingerprint density at radius 3 is 2.63 bits per heavy atom. The lowest BCUT2D eigenvalue weighted by atomic mass is 9.88. The molecule has 2 aromatic rings. The van der Waals surface area contributed by atoms with E-state index >= 15 is 0 Å². The molecule has 0 radical (unpaired) electrons. The zero-order chi connectivity index (χ0) is 21.1. The minimum atomic E-state index is -0.0364. The number of nitrogens with one attached hydrogen (secondary N) is 1. The number of carbonyl (C=O) groups is 1. The molecule has 0 unspecified atom stereocenters. The molecule has 7 heteroatoms. The maximum atomic E-state index is 12.8. The Morgan fingerprint density at radius 2 is 1.90 bits per heavy atom. The summed E-state index contributed by atoms with van der Waals surface area (Å²) in [7, 11) is 0. The third kappa shape index (κ3) is 4.94. The molecule has 0 aromatic carbocycles. The van der Waals surface area contributed by atoms with Crippen LogP contribution in [0.5, 0.6) is 0 Å². The maximum absolute atomic E-state index is 12.8. The minimum absolute atomic E-state index is 0.0333. The van der Waals surface area contributed by atoms with Crippen molar-refractivity contribution in [2.45, 2.75) is 77.8 Å². The summed E-state index contributed by atoms with van der Waals surface area (Å²) in [6.07, 6.45) is 10.9. The normalized spacial score (nSPS) is 19.4. The zero-order valence-electron chi connectivity index (χ0n) is 18.3. The van der Waals surface area contributed by atoms with Gasteiger partial charge in [0.05, 0.1) is 11.7 Å². The second-order valence-corrected chi connectivity index (χ2v) is 10.3. The van der Waals surface area contributed by atoms with E-state index in [2.05, 4.69) is 15.2 Å². The van der Waals surface area contributed by atoms with Gasteiger partial charge < -0.3 is 10.2 Å². The Kier molecular flexibility index (Phi) is 6.88. The van der Waals surface area contributed by atoms with Gasteiger partial charge in [-0.1, -0.05) is 19.3 Å². The number of hydrogen-bond acceptors (Lipinski definition) is 5. The SMILES string of the molecule is Cc1sc2ncn(CCC(=O)NC3CCN(CC4CCCCC4)CC3)c(=O)c2c1C. The summed E-state index contributed by atoms with van der Waals surface area (Å²) in [6.45, 7) is 7.76. The molecule has 4 rings (SSSR count). The van der Waals surface area contributed by atoms with Gasteiger partial charge in [0.15, 0.2) is 0 Å². The van der Waals surface area contributed by atoms with Crippen molar-refractivity contribution in [3.05, 3.63) is 27.1 Å². The Balaban J connectivity index is 1.24. The van der Waals surface area contributed by atoms with Crippen LogP contribution in [0.3, 0.4) is 0 Å². The molecular weight excluding hydrogens is 396 g/mol. The van der Waals surface area contributed by atoms with Crippen molar-refractivity contribution < 1.29 is 4.79 Å². The van der Waals surface area contributed by atoms with E-state index in [1.54, 1.807) is 22.2 Å². The molecule has 1 aliphatic heterocycles. The first-order valence-electron chi connectivity index (χ1n) is 11.5.